The lowest BCUT2D eigenvalue weighted by atomic mass is 10.0. The van der Waals surface area contributed by atoms with Crippen molar-refractivity contribution in [3.8, 4) is 0 Å². The number of phosphoric ester groups is 1. The molecule has 478 valence electrons. The second-order valence-corrected chi connectivity index (χ2v) is 22.7. The lowest BCUT2D eigenvalue weighted by Crippen LogP contribution is -2.29. The van der Waals surface area contributed by atoms with Crippen molar-refractivity contribution in [2.45, 2.75) is 251 Å². The molecular weight excluding hydrogens is 1070 g/mol. The number of nitrogens with two attached hydrogens (primary N) is 1. The third-order valence-electron chi connectivity index (χ3n) is 13.3. The first-order valence-electron chi connectivity index (χ1n) is 33.3. The number of allylic oxidation sites excluding steroid dienone is 30. The fourth-order valence-electron chi connectivity index (χ4n) is 8.46. The van der Waals surface area contributed by atoms with Gasteiger partial charge in [-0.05, 0) is 135 Å². The summed E-state index contributed by atoms with van der Waals surface area (Å²) in [5.74, 6) is -0.857. The van der Waals surface area contributed by atoms with Crippen LogP contribution >= 0.6 is 7.82 Å². The Balaban J connectivity index is 4.03. The Morgan fingerprint density at radius 1 is 0.353 bits per heavy atom. The normalized spacial score (nSPS) is 14.2. The molecule has 0 bridgehead atoms. The molecule has 0 aliphatic carbocycles. The van der Waals surface area contributed by atoms with Crippen molar-refractivity contribution in [1.29, 1.82) is 0 Å². The van der Waals surface area contributed by atoms with Gasteiger partial charge in [0, 0.05) is 19.4 Å². The summed E-state index contributed by atoms with van der Waals surface area (Å²) in [6.07, 6.45) is 102. The van der Waals surface area contributed by atoms with Gasteiger partial charge in [0.2, 0.25) is 0 Å². The Hall–Kier alpha value is -4.89. The number of ether oxygens (including phenoxy) is 2. The van der Waals surface area contributed by atoms with Crippen LogP contribution in [0.2, 0.25) is 0 Å². The third-order valence-corrected chi connectivity index (χ3v) is 14.3. The van der Waals surface area contributed by atoms with Gasteiger partial charge in [-0.15, -0.1) is 0 Å². The quantitative estimate of drug-likeness (QED) is 0.0264. The maximum atomic E-state index is 12.8. The van der Waals surface area contributed by atoms with Gasteiger partial charge in [0.05, 0.1) is 13.2 Å². The van der Waals surface area contributed by atoms with Crippen molar-refractivity contribution in [1.82, 2.24) is 0 Å². The molecule has 2 unspecified atom stereocenters. The topological polar surface area (TPSA) is 134 Å². The van der Waals surface area contributed by atoms with E-state index in [9.17, 15) is 19.0 Å². The Labute approximate surface area is 520 Å². The van der Waals surface area contributed by atoms with Crippen LogP contribution in [-0.4, -0.2) is 49.3 Å². The smallest absolute Gasteiger partial charge is 0.462 e. The lowest BCUT2D eigenvalue weighted by molar-refractivity contribution is -0.161. The van der Waals surface area contributed by atoms with E-state index in [4.69, 9.17) is 24.3 Å². The summed E-state index contributed by atoms with van der Waals surface area (Å²) >= 11 is 0. The van der Waals surface area contributed by atoms with E-state index in [-0.39, 0.29) is 32.6 Å². The molecule has 2 atom stereocenters. The molecule has 0 aliphatic rings. The van der Waals surface area contributed by atoms with Crippen LogP contribution in [-0.2, 0) is 32.7 Å². The number of unbranched alkanes of at least 4 members (excludes halogenated alkanes) is 17. The van der Waals surface area contributed by atoms with Gasteiger partial charge in [0.15, 0.2) is 6.10 Å². The zero-order valence-electron chi connectivity index (χ0n) is 53.5. The summed E-state index contributed by atoms with van der Waals surface area (Å²) in [4.78, 5) is 35.3. The van der Waals surface area contributed by atoms with Crippen LogP contribution in [0.5, 0.6) is 0 Å². The lowest BCUT2D eigenvalue weighted by Gasteiger charge is -2.19. The van der Waals surface area contributed by atoms with Crippen molar-refractivity contribution in [2.75, 3.05) is 26.4 Å². The number of rotatable bonds is 60. The fourth-order valence-corrected chi connectivity index (χ4v) is 9.22. The van der Waals surface area contributed by atoms with E-state index in [1.165, 1.54) is 57.8 Å². The number of esters is 2. The molecule has 9 nitrogen and oxygen atoms in total. The molecule has 10 heteroatoms. The zero-order chi connectivity index (χ0) is 61.6. The van der Waals surface area contributed by atoms with E-state index in [1.807, 2.05) is 0 Å². The standard InChI is InChI=1S/C75H120NO8P/c1-3-5-7-9-11-13-15-17-19-21-23-25-27-29-31-33-34-35-36-37-38-40-42-44-46-48-50-52-54-56-58-60-62-64-66-68-75(78)84-73(72-83-85(79,80)82-70-69-76)71-81-74(77)67-65-63-61-59-57-55-53-51-49-47-45-43-41-39-32-30-28-26-24-22-20-18-16-14-12-10-8-6-4-2/h5-8,11-14,17-20,23-26,29-32,34-35,37-38,41-44,47,49,73H,3-4,9-10,15-16,21-22,27-28,33,36,39-40,45-46,48,50-72,76H2,1-2H3,(H,79,80)/b7-5-,8-6-,13-11-,14-12-,19-17-,20-18-,25-23-,26-24-,31-29-,32-30-,35-34-,38-37-,43-41-,44-42-,49-47-. The Bertz CT molecular complexity index is 2040. The number of carbonyl (C=O) groups excluding carboxylic acids is 2. The number of phosphoric acid groups is 1. The number of carbonyl (C=O) groups is 2. The van der Waals surface area contributed by atoms with Crippen LogP contribution in [0.15, 0.2) is 182 Å². The van der Waals surface area contributed by atoms with Crippen molar-refractivity contribution < 1.29 is 37.6 Å². The predicted octanol–water partition coefficient (Wildman–Crippen LogP) is 22.0. The van der Waals surface area contributed by atoms with Gasteiger partial charge in [-0.25, -0.2) is 4.57 Å². The van der Waals surface area contributed by atoms with Crippen LogP contribution in [0.1, 0.15) is 245 Å². The zero-order valence-corrected chi connectivity index (χ0v) is 54.4. The second-order valence-electron chi connectivity index (χ2n) is 21.2. The Morgan fingerprint density at radius 2 is 0.612 bits per heavy atom. The maximum absolute atomic E-state index is 12.8. The highest BCUT2D eigenvalue weighted by Gasteiger charge is 2.26. The SMILES string of the molecule is CC/C=C\C/C=C\C/C=C\C/C=C\C/C=C\C/C=C\C/C=C\C/C=C\CCCCCCCCCCCCC(=O)OC(COC(=O)CCCCCCCCC/C=C\C/C=C\C/C=C\C/C=C\C/C=C\C/C=C\C/C=C\CC)COP(=O)(O)OCCN. The molecule has 0 rings (SSSR count). The Kier molecular flexibility index (Phi) is 64.3. The van der Waals surface area contributed by atoms with Gasteiger partial charge in [-0.2, -0.15) is 0 Å². The van der Waals surface area contributed by atoms with Crippen molar-refractivity contribution in [3.05, 3.63) is 182 Å². The molecule has 85 heavy (non-hydrogen) atoms. The summed E-state index contributed by atoms with van der Waals surface area (Å²) in [5.41, 5.74) is 5.40. The van der Waals surface area contributed by atoms with E-state index < -0.39 is 32.5 Å². The van der Waals surface area contributed by atoms with Gasteiger partial charge in [-0.3, -0.25) is 18.6 Å². The van der Waals surface area contributed by atoms with Crippen molar-refractivity contribution >= 4 is 19.8 Å². The average Bonchev–Trinajstić information content (AvgIpc) is 3.52. The second kappa shape index (κ2) is 68.2. The molecule has 0 amide bonds. The van der Waals surface area contributed by atoms with E-state index in [1.54, 1.807) is 0 Å². The Morgan fingerprint density at radius 3 is 0.906 bits per heavy atom. The number of hydrogen-bond donors (Lipinski definition) is 2. The number of hydrogen-bond acceptors (Lipinski definition) is 8. The van der Waals surface area contributed by atoms with Crippen LogP contribution in [0, 0.1) is 0 Å². The van der Waals surface area contributed by atoms with E-state index in [2.05, 4.69) is 196 Å². The van der Waals surface area contributed by atoms with Crippen LogP contribution in [0.25, 0.3) is 0 Å². The molecule has 3 N–H and O–H groups in total. The maximum Gasteiger partial charge on any atom is 0.472 e. The summed E-state index contributed by atoms with van der Waals surface area (Å²) in [6.45, 7) is 3.48. The molecule has 0 saturated carbocycles. The van der Waals surface area contributed by atoms with E-state index in [0.717, 1.165) is 148 Å². The first-order chi connectivity index (χ1) is 41.8. The molecule has 0 aromatic carbocycles. The molecule has 0 saturated heterocycles. The molecule has 0 spiro atoms. The summed E-state index contributed by atoms with van der Waals surface area (Å²) in [7, 11) is -4.41. The fraction of sp³-hybridized carbons (Fsp3) is 0.573. The minimum Gasteiger partial charge on any atom is -0.462 e. The predicted molar refractivity (Wildman–Crippen MR) is 366 cm³/mol. The van der Waals surface area contributed by atoms with E-state index >= 15 is 0 Å². The molecule has 0 heterocycles. The molecule has 0 fully saturated rings. The first-order valence-corrected chi connectivity index (χ1v) is 34.8. The largest absolute Gasteiger partial charge is 0.472 e. The average molecular weight is 1190 g/mol. The molecule has 0 aromatic heterocycles. The minimum atomic E-state index is -4.41. The van der Waals surface area contributed by atoms with Gasteiger partial charge >= 0.3 is 19.8 Å². The van der Waals surface area contributed by atoms with Crippen molar-refractivity contribution in [2.24, 2.45) is 5.73 Å². The van der Waals surface area contributed by atoms with Crippen LogP contribution in [0.4, 0.5) is 0 Å². The third kappa shape index (κ3) is 68.1. The van der Waals surface area contributed by atoms with Crippen molar-refractivity contribution in [3.63, 3.8) is 0 Å². The van der Waals surface area contributed by atoms with Crippen LogP contribution < -0.4 is 5.73 Å². The van der Waals surface area contributed by atoms with Crippen LogP contribution in [0.3, 0.4) is 0 Å². The molecular formula is C75H120NO8P. The van der Waals surface area contributed by atoms with E-state index in [0.29, 0.717) is 12.8 Å². The molecule has 0 aliphatic heterocycles. The van der Waals surface area contributed by atoms with Gasteiger partial charge in [-0.1, -0.05) is 280 Å². The monoisotopic (exact) mass is 1190 g/mol. The van der Waals surface area contributed by atoms with Gasteiger partial charge < -0.3 is 20.1 Å². The minimum absolute atomic E-state index is 0.0413. The highest BCUT2D eigenvalue weighted by atomic mass is 31.2. The molecule has 0 radical (unpaired) electrons. The summed E-state index contributed by atoms with van der Waals surface area (Å²) in [6, 6.07) is 0. The summed E-state index contributed by atoms with van der Waals surface area (Å²) in [5, 5.41) is 0. The molecule has 0 aromatic rings. The van der Waals surface area contributed by atoms with Gasteiger partial charge in [0.1, 0.15) is 6.61 Å². The highest BCUT2D eigenvalue weighted by molar-refractivity contribution is 7.47. The summed E-state index contributed by atoms with van der Waals surface area (Å²) < 4.78 is 33.1. The first kappa shape index (κ1) is 80.1. The highest BCUT2D eigenvalue weighted by Crippen LogP contribution is 2.43. The van der Waals surface area contributed by atoms with Gasteiger partial charge in [0.25, 0.3) is 0 Å².